The van der Waals surface area contributed by atoms with Gasteiger partial charge in [0.05, 0.1) is 12.3 Å². The first-order valence-electron chi connectivity index (χ1n) is 8.60. The van der Waals surface area contributed by atoms with Crippen LogP contribution in [0.5, 0.6) is 0 Å². The number of carbonyl (C=O) groups is 1. The number of hydrogen-bond acceptors (Lipinski definition) is 7. The fourth-order valence-electron chi connectivity index (χ4n) is 2.60. The van der Waals surface area contributed by atoms with E-state index in [0.717, 1.165) is 43.4 Å². The number of amides is 1. The number of nitrogens with one attached hydrogen (secondary N) is 1. The second kappa shape index (κ2) is 8.45. The third kappa shape index (κ3) is 5.14. The van der Waals surface area contributed by atoms with Crippen molar-refractivity contribution < 1.29 is 14.1 Å². The summed E-state index contributed by atoms with van der Waals surface area (Å²) < 4.78 is 4.87. The SMILES string of the molecule is CN1CCN(/N=C\c2ccc(CNC(=O)c3ccc([N+](=O)[O-])o3)cc2)CC1. The van der Waals surface area contributed by atoms with Gasteiger partial charge in [0, 0.05) is 32.7 Å². The van der Waals surface area contributed by atoms with E-state index in [1.165, 1.54) is 6.07 Å². The van der Waals surface area contributed by atoms with Gasteiger partial charge in [0.2, 0.25) is 0 Å². The van der Waals surface area contributed by atoms with Crippen molar-refractivity contribution in [3.8, 4) is 0 Å². The number of carbonyl (C=O) groups excluding carboxylic acids is 1. The molecule has 0 aliphatic carbocycles. The molecule has 1 aliphatic heterocycles. The monoisotopic (exact) mass is 371 g/mol. The van der Waals surface area contributed by atoms with Gasteiger partial charge in [-0.05, 0) is 24.2 Å². The molecule has 0 radical (unpaired) electrons. The fraction of sp³-hybridized carbons (Fsp3) is 0.333. The molecule has 9 heteroatoms. The van der Waals surface area contributed by atoms with Crippen LogP contribution in [0.25, 0.3) is 0 Å². The molecule has 1 aromatic heterocycles. The minimum absolute atomic E-state index is 0.0855. The van der Waals surface area contributed by atoms with Crippen molar-refractivity contribution in [2.75, 3.05) is 33.2 Å². The van der Waals surface area contributed by atoms with Crippen LogP contribution in [0.1, 0.15) is 21.7 Å². The number of furan rings is 1. The largest absolute Gasteiger partial charge is 0.433 e. The maximum Gasteiger partial charge on any atom is 0.433 e. The van der Waals surface area contributed by atoms with Crippen LogP contribution in [0.4, 0.5) is 5.88 Å². The standard InChI is InChI=1S/C18H21N5O4/c1-21-8-10-22(11-9-21)20-13-15-4-2-14(3-5-15)12-19-18(24)16-6-7-17(27-16)23(25)26/h2-7,13H,8-12H2,1H3,(H,19,24)/b20-13-. The quantitative estimate of drug-likeness (QED) is 0.471. The highest BCUT2D eigenvalue weighted by molar-refractivity contribution is 5.91. The summed E-state index contributed by atoms with van der Waals surface area (Å²) in [5, 5.41) is 19.8. The van der Waals surface area contributed by atoms with Crippen molar-refractivity contribution >= 4 is 18.0 Å². The second-order valence-corrected chi connectivity index (χ2v) is 6.32. The van der Waals surface area contributed by atoms with Crippen LogP contribution >= 0.6 is 0 Å². The Kier molecular flexibility index (Phi) is 5.82. The number of benzene rings is 1. The number of nitrogens with zero attached hydrogens (tertiary/aromatic N) is 4. The maximum absolute atomic E-state index is 12.0. The molecule has 0 bridgehead atoms. The summed E-state index contributed by atoms with van der Waals surface area (Å²) in [7, 11) is 2.10. The summed E-state index contributed by atoms with van der Waals surface area (Å²) in [6.45, 7) is 4.15. The number of nitro groups is 1. The Morgan fingerprint density at radius 3 is 2.56 bits per heavy atom. The van der Waals surface area contributed by atoms with Crippen molar-refractivity contribution in [1.29, 1.82) is 0 Å². The average Bonchev–Trinajstić information content (AvgIpc) is 3.17. The van der Waals surface area contributed by atoms with Crippen LogP contribution in [0, 0.1) is 10.1 Å². The van der Waals surface area contributed by atoms with Crippen LogP contribution in [-0.2, 0) is 6.54 Å². The molecule has 1 N–H and O–H groups in total. The van der Waals surface area contributed by atoms with Gasteiger partial charge < -0.3 is 14.6 Å². The minimum atomic E-state index is -0.681. The molecular formula is C18H21N5O4. The zero-order valence-corrected chi connectivity index (χ0v) is 15.0. The molecule has 1 aliphatic rings. The van der Waals surface area contributed by atoms with Crippen LogP contribution in [0.3, 0.4) is 0 Å². The van der Waals surface area contributed by atoms with E-state index in [1.54, 1.807) is 0 Å². The Labute approximate surface area is 156 Å². The highest BCUT2D eigenvalue weighted by Crippen LogP contribution is 2.15. The molecule has 0 spiro atoms. The summed E-state index contributed by atoms with van der Waals surface area (Å²) in [4.78, 5) is 24.1. The van der Waals surface area contributed by atoms with E-state index in [4.69, 9.17) is 4.42 Å². The second-order valence-electron chi connectivity index (χ2n) is 6.32. The van der Waals surface area contributed by atoms with E-state index < -0.39 is 16.7 Å². The highest BCUT2D eigenvalue weighted by Gasteiger charge is 2.16. The van der Waals surface area contributed by atoms with E-state index in [9.17, 15) is 14.9 Å². The fourth-order valence-corrected chi connectivity index (χ4v) is 2.60. The number of likely N-dealkylation sites (N-methyl/N-ethyl adjacent to an activating group) is 1. The van der Waals surface area contributed by atoms with Gasteiger partial charge in [0.25, 0.3) is 5.91 Å². The topological polar surface area (TPSA) is 104 Å². The van der Waals surface area contributed by atoms with Gasteiger partial charge in [-0.25, -0.2) is 0 Å². The molecule has 9 nitrogen and oxygen atoms in total. The Morgan fingerprint density at radius 2 is 1.93 bits per heavy atom. The third-order valence-electron chi connectivity index (χ3n) is 4.28. The van der Waals surface area contributed by atoms with E-state index in [1.807, 2.05) is 30.5 Å². The lowest BCUT2D eigenvalue weighted by Gasteiger charge is -2.30. The molecule has 1 amide bonds. The molecule has 27 heavy (non-hydrogen) atoms. The van der Waals surface area contributed by atoms with Crippen molar-refractivity contribution in [2.45, 2.75) is 6.54 Å². The lowest BCUT2D eigenvalue weighted by Crippen LogP contribution is -2.41. The zero-order chi connectivity index (χ0) is 19.2. The first kappa shape index (κ1) is 18.6. The van der Waals surface area contributed by atoms with Crippen LogP contribution in [0.2, 0.25) is 0 Å². The average molecular weight is 371 g/mol. The van der Waals surface area contributed by atoms with Gasteiger partial charge in [-0.3, -0.25) is 19.9 Å². The Bertz CT molecular complexity index is 823. The molecule has 1 saturated heterocycles. The molecule has 0 atom stereocenters. The van der Waals surface area contributed by atoms with Crippen molar-refractivity contribution in [2.24, 2.45) is 5.10 Å². The minimum Gasteiger partial charge on any atom is -0.395 e. The van der Waals surface area contributed by atoms with Crippen LogP contribution < -0.4 is 5.32 Å². The lowest BCUT2D eigenvalue weighted by atomic mass is 10.1. The van der Waals surface area contributed by atoms with E-state index >= 15 is 0 Å². The van der Waals surface area contributed by atoms with Gasteiger partial charge in [-0.2, -0.15) is 5.10 Å². The van der Waals surface area contributed by atoms with E-state index in [0.29, 0.717) is 6.54 Å². The summed E-state index contributed by atoms with van der Waals surface area (Å²) in [6.07, 6.45) is 1.83. The van der Waals surface area contributed by atoms with Crippen molar-refractivity contribution in [1.82, 2.24) is 15.2 Å². The van der Waals surface area contributed by atoms with Crippen LogP contribution in [0.15, 0.2) is 45.9 Å². The molecule has 2 heterocycles. The molecule has 0 saturated carbocycles. The van der Waals surface area contributed by atoms with Crippen molar-refractivity contribution in [3.63, 3.8) is 0 Å². The normalized spacial score (nSPS) is 15.2. The van der Waals surface area contributed by atoms with E-state index in [-0.39, 0.29) is 5.76 Å². The van der Waals surface area contributed by atoms with Gasteiger partial charge in [0.1, 0.15) is 4.92 Å². The summed E-state index contributed by atoms with van der Waals surface area (Å²) in [5.41, 5.74) is 1.88. The summed E-state index contributed by atoms with van der Waals surface area (Å²) in [6, 6.07) is 10.1. The molecule has 3 rings (SSSR count). The molecule has 0 unspecified atom stereocenters. The Hall–Kier alpha value is -3.20. The predicted octanol–water partition coefficient (Wildman–Crippen LogP) is 1.70. The number of hydrazone groups is 1. The van der Waals surface area contributed by atoms with Gasteiger partial charge in [-0.15, -0.1) is 0 Å². The summed E-state index contributed by atoms with van der Waals surface area (Å²) >= 11 is 0. The molecule has 1 aromatic carbocycles. The maximum atomic E-state index is 12.0. The third-order valence-corrected chi connectivity index (χ3v) is 4.28. The smallest absolute Gasteiger partial charge is 0.395 e. The number of hydrogen-bond donors (Lipinski definition) is 1. The zero-order valence-electron chi connectivity index (χ0n) is 15.0. The number of piperazine rings is 1. The van der Waals surface area contributed by atoms with Gasteiger partial charge >= 0.3 is 5.88 Å². The first-order chi connectivity index (χ1) is 13.0. The first-order valence-corrected chi connectivity index (χ1v) is 8.60. The number of rotatable bonds is 6. The lowest BCUT2D eigenvalue weighted by molar-refractivity contribution is -0.402. The molecule has 2 aromatic rings. The molecular weight excluding hydrogens is 350 g/mol. The highest BCUT2D eigenvalue weighted by atomic mass is 16.6. The van der Waals surface area contributed by atoms with Gasteiger partial charge in [-0.1, -0.05) is 24.3 Å². The van der Waals surface area contributed by atoms with Crippen LogP contribution in [-0.4, -0.2) is 60.2 Å². The van der Waals surface area contributed by atoms with E-state index in [2.05, 4.69) is 27.4 Å². The van der Waals surface area contributed by atoms with Crippen molar-refractivity contribution in [3.05, 3.63) is 63.4 Å². The predicted molar refractivity (Wildman–Crippen MR) is 99.6 cm³/mol. The molecule has 142 valence electrons. The van der Waals surface area contributed by atoms with Gasteiger partial charge in [0.15, 0.2) is 5.76 Å². The summed E-state index contributed by atoms with van der Waals surface area (Å²) in [5.74, 6) is -1.04. The Balaban J connectivity index is 1.50. The Morgan fingerprint density at radius 1 is 1.22 bits per heavy atom. The molecule has 1 fully saturated rings.